The summed E-state index contributed by atoms with van der Waals surface area (Å²) >= 11 is 6.31. The van der Waals surface area contributed by atoms with Gasteiger partial charge in [-0.2, -0.15) is 0 Å². The molecule has 5 nitrogen and oxygen atoms in total. The van der Waals surface area contributed by atoms with Crippen LogP contribution < -0.4 is 0 Å². The van der Waals surface area contributed by atoms with Gasteiger partial charge >= 0.3 is 0 Å². The molecule has 6 heteroatoms. The Hall–Kier alpha value is -1.85. The normalized spacial score (nSPS) is 19.2. The number of aryl methyl sites for hydroxylation is 1. The van der Waals surface area contributed by atoms with Crippen LogP contribution in [0.5, 0.6) is 0 Å². The van der Waals surface area contributed by atoms with E-state index >= 15 is 0 Å². The number of carbonyl (C=O) groups is 1. The zero-order valence-corrected chi connectivity index (χ0v) is 15.8. The Kier molecular flexibility index (Phi) is 5.00. The summed E-state index contributed by atoms with van der Waals surface area (Å²) in [4.78, 5) is 17.6. The van der Waals surface area contributed by atoms with Gasteiger partial charge in [0, 0.05) is 37.8 Å². The number of amides is 1. The molecule has 0 atom stereocenters. The van der Waals surface area contributed by atoms with E-state index in [9.17, 15) is 4.79 Å². The minimum absolute atomic E-state index is 0.00950. The van der Waals surface area contributed by atoms with E-state index in [1.54, 1.807) is 13.0 Å². The maximum Gasteiger partial charge on any atom is 0.259 e. The predicted octanol–water partition coefficient (Wildman–Crippen LogP) is 4.00. The number of halogens is 1. The molecule has 1 saturated carbocycles. The van der Waals surface area contributed by atoms with Crippen molar-refractivity contribution in [2.24, 2.45) is 0 Å². The van der Waals surface area contributed by atoms with Gasteiger partial charge in [0.1, 0.15) is 17.0 Å². The summed E-state index contributed by atoms with van der Waals surface area (Å²) in [5.41, 5.74) is 1.81. The molecule has 0 bridgehead atoms. The van der Waals surface area contributed by atoms with Crippen LogP contribution in [0.3, 0.4) is 0 Å². The lowest BCUT2D eigenvalue weighted by atomic mass is 10.0. The second-order valence-electron chi connectivity index (χ2n) is 7.21. The number of piperazine rings is 1. The van der Waals surface area contributed by atoms with Crippen molar-refractivity contribution >= 4 is 17.5 Å². The molecule has 138 valence electrons. The highest BCUT2D eigenvalue weighted by Crippen LogP contribution is 2.32. The van der Waals surface area contributed by atoms with E-state index in [-0.39, 0.29) is 5.91 Å². The fourth-order valence-corrected chi connectivity index (χ4v) is 4.40. The monoisotopic (exact) mass is 373 g/mol. The minimum atomic E-state index is -0.00950. The van der Waals surface area contributed by atoms with Gasteiger partial charge in [0.05, 0.1) is 5.02 Å². The van der Waals surface area contributed by atoms with E-state index < -0.39 is 0 Å². The Morgan fingerprint density at radius 1 is 1.15 bits per heavy atom. The molecule has 0 unspecified atom stereocenters. The van der Waals surface area contributed by atoms with Crippen molar-refractivity contribution in [3.63, 3.8) is 0 Å². The summed E-state index contributed by atoms with van der Waals surface area (Å²) in [6, 6.07) is 8.13. The van der Waals surface area contributed by atoms with Crippen LogP contribution in [-0.2, 0) is 0 Å². The van der Waals surface area contributed by atoms with Crippen LogP contribution in [0, 0.1) is 6.92 Å². The Balaban J connectivity index is 1.52. The van der Waals surface area contributed by atoms with E-state index in [0.717, 1.165) is 31.7 Å². The number of benzene rings is 1. The van der Waals surface area contributed by atoms with Crippen LogP contribution in [0.15, 0.2) is 28.8 Å². The fourth-order valence-electron chi connectivity index (χ4n) is 4.18. The molecule has 2 heterocycles. The number of hydrogen-bond donors (Lipinski definition) is 0. The van der Waals surface area contributed by atoms with Crippen LogP contribution in [0.4, 0.5) is 0 Å². The molecule has 1 saturated heterocycles. The first-order valence-electron chi connectivity index (χ1n) is 9.39. The van der Waals surface area contributed by atoms with E-state index in [1.165, 1.54) is 25.7 Å². The standard InChI is InChI=1S/C20H24ClN3O2/c1-14-18(19(22-26-14)16-8-4-5-9-17(16)21)20(25)24-12-10-23(11-13-24)15-6-2-3-7-15/h4-5,8-9,15H,2-3,6-7,10-13H2,1H3. The quantitative estimate of drug-likeness (QED) is 0.815. The molecule has 1 aliphatic carbocycles. The molecular formula is C20H24ClN3O2. The van der Waals surface area contributed by atoms with E-state index in [2.05, 4.69) is 10.1 Å². The number of carbonyl (C=O) groups excluding carboxylic acids is 1. The van der Waals surface area contributed by atoms with Gasteiger partial charge in [0.25, 0.3) is 5.91 Å². The number of hydrogen-bond acceptors (Lipinski definition) is 4. The third-order valence-corrected chi connectivity index (χ3v) is 5.98. The SMILES string of the molecule is Cc1onc(-c2ccccc2Cl)c1C(=O)N1CCN(C2CCCC2)CC1. The van der Waals surface area contributed by atoms with Gasteiger partial charge in [-0.3, -0.25) is 9.69 Å². The third-order valence-electron chi connectivity index (χ3n) is 5.65. The smallest absolute Gasteiger partial charge is 0.259 e. The maximum absolute atomic E-state index is 13.2. The summed E-state index contributed by atoms with van der Waals surface area (Å²) < 4.78 is 5.35. The molecular weight excluding hydrogens is 350 g/mol. The summed E-state index contributed by atoms with van der Waals surface area (Å²) in [5.74, 6) is 0.535. The van der Waals surface area contributed by atoms with Gasteiger partial charge in [0.2, 0.25) is 0 Å². The molecule has 0 spiro atoms. The van der Waals surface area contributed by atoms with Gasteiger partial charge in [-0.1, -0.05) is 47.8 Å². The van der Waals surface area contributed by atoms with Crippen molar-refractivity contribution in [2.75, 3.05) is 26.2 Å². The second-order valence-corrected chi connectivity index (χ2v) is 7.62. The zero-order valence-electron chi connectivity index (χ0n) is 15.1. The highest BCUT2D eigenvalue weighted by atomic mass is 35.5. The highest BCUT2D eigenvalue weighted by Gasteiger charge is 2.31. The number of aromatic nitrogens is 1. The van der Waals surface area contributed by atoms with Gasteiger partial charge in [-0.25, -0.2) is 0 Å². The highest BCUT2D eigenvalue weighted by molar-refractivity contribution is 6.33. The molecule has 2 aromatic rings. The molecule has 0 radical (unpaired) electrons. The van der Waals surface area contributed by atoms with Crippen molar-refractivity contribution < 1.29 is 9.32 Å². The maximum atomic E-state index is 13.2. The Bertz CT molecular complexity index is 790. The lowest BCUT2D eigenvalue weighted by Crippen LogP contribution is -2.51. The molecule has 2 fully saturated rings. The average molecular weight is 374 g/mol. The Labute approximate surface area is 158 Å². The van der Waals surface area contributed by atoms with Crippen LogP contribution in [-0.4, -0.2) is 53.1 Å². The molecule has 26 heavy (non-hydrogen) atoms. The van der Waals surface area contributed by atoms with Crippen molar-refractivity contribution in [1.82, 2.24) is 15.0 Å². The molecule has 1 aromatic heterocycles. The Morgan fingerprint density at radius 2 is 1.85 bits per heavy atom. The van der Waals surface area contributed by atoms with Crippen LogP contribution in [0.2, 0.25) is 5.02 Å². The van der Waals surface area contributed by atoms with Crippen molar-refractivity contribution in [2.45, 2.75) is 38.6 Å². The molecule has 0 N–H and O–H groups in total. The van der Waals surface area contributed by atoms with Crippen molar-refractivity contribution in [1.29, 1.82) is 0 Å². The topological polar surface area (TPSA) is 49.6 Å². The van der Waals surface area contributed by atoms with E-state index in [1.807, 2.05) is 23.1 Å². The van der Waals surface area contributed by atoms with E-state index in [4.69, 9.17) is 16.1 Å². The summed E-state index contributed by atoms with van der Waals surface area (Å²) in [6.07, 6.45) is 5.28. The molecule has 2 aliphatic rings. The molecule has 1 amide bonds. The molecule has 1 aromatic carbocycles. The second kappa shape index (κ2) is 7.41. The Morgan fingerprint density at radius 3 is 2.54 bits per heavy atom. The van der Waals surface area contributed by atoms with Gasteiger partial charge in [0.15, 0.2) is 0 Å². The van der Waals surface area contributed by atoms with Crippen LogP contribution >= 0.6 is 11.6 Å². The lowest BCUT2D eigenvalue weighted by molar-refractivity contribution is 0.0572. The van der Waals surface area contributed by atoms with Crippen molar-refractivity contribution in [3.05, 3.63) is 40.6 Å². The summed E-state index contributed by atoms with van der Waals surface area (Å²) in [7, 11) is 0. The first-order chi connectivity index (χ1) is 12.6. The molecule has 4 rings (SSSR count). The third kappa shape index (κ3) is 3.26. The largest absolute Gasteiger partial charge is 0.360 e. The van der Waals surface area contributed by atoms with Crippen molar-refractivity contribution in [3.8, 4) is 11.3 Å². The predicted molar refractivity (Wildman–Crippen MR) is 101 cm³/mol. The first kappa shape index (κ1) is 17.6. The number of nitrogens with zero attached hydrogens (tertiary/aromatic N) is 3. The van der Waals surface area contributed by atoms with E-state index in [0.29, 0.717) is 28.1 Å². The minimum Gasteiger partial charge on any atom is -0.360 e. The van der Waals surface area contributed by atoms with Gasteiger partial charge < -0.3 is 9.42 Å². The first-order valence-corrected chi connectivity index (χ1v) is 9.77. The average Bonchev–Trinajstić information content (AvgIpc) is 3.32. The fraction of sp³-hybridized carbons (Fsp3) is 0.500. The zero-order chi connectivity index (χ0) is 18.1. The van der Waals surface area contributed by atoms with Crippen LogP contribution in [0.1, 0.15) is 41.8 Å². The summed E-state index contributed by atoms with van der Waals surface area (Å²) in [5, 5.41) is 4.69. The van der Waals surface area contributed by atoms with Gasteiger partial charge in [-0.05, 0) is 25.8 Å². The number of rotatable bonds is 3. The van der Waals surface area contributed by atoms with Gasteiger partial charge in [-0.15, -0.1) is 0 Å². The summed E-state index contributed by atoms with van der Waals surface area (Å²) in [6.45, 7) is 5.18. The molecule has 1 aliphatic heterocycles. The lowest BCUT2D eigenvalue weighted by Gasteiger charge is -2.38. The van der Waals surface area contributed by atoms with Crippen LogP contribution in [0.25, 0.3) is 11.3 Å².